The Morgan fingerprint density at radius 1 is 1.30 bits per heavy atom. The third kappa shape index (κ3) is 3.64. The highest BCUT2D eigenvalue weighted by Crippen LogP contribution is 2.37. The smallest absolute Gasteiger partial charge is 0.242 e. The molecule has 0 radical (unpaired) electrons. The molecule has 1 N–H and O–H groups in total. The molecule has 0 saturated carbocycles. The number of benzene rings is 1. The predicted octanol–water partition coefficient (Wildman–Crippen LogP) is 3.31. The maximum atomic E-state index is 13.3. The van der Waals surface area contributed by atoms with E-state index in [0.29, 0.717) is 23.1 Å². The Balaban J connectivity index is 1.52. The maximum Gasteiger partial charge on any atom is 0.242 e. The van der Waals surface area contributed by atoms with Crippen LogP contribution in [0, 0.1) is 0 Å². The van der Waals surface area contributed by atoms with Crippen LogP contribution in [-0.2, 0) is 11.2 Å². The Morgan fingerprint density at radius 3 is 2.93 bits per heavy atom. The highest BCUT2D eigenvalue weighted by atomic mass is 35.5. The van der Waals surface area contributed by atoms with Crippen molar-refractivity contribution in [3.05, 3.63) is 57.8 Å². The van der Waals surface area contributed by atoms with E-state index in [1.54, 1.807) is 12.3 Å². The quantitative estimate of drug-likeness (QED) is 0.833. The highest BCUT2D eigenvalue weighted by Gasteiger charge is 2.35. The van der Waals surface area contributed by atoms with E-state index >= 15 is 0 Å². The van der Waals surface area contributed by atoms with Gasteiger partial charge in [-0.15, -0.1) is 0 Å². The lowest BCUT2D eigenvalue weighted by molar-refractivity contribution is -0.136. The lowest BCUT2D eigenvalue weighted by Crippen LogP contribution is -2.59. The van der Waals surface area contributed by atoms with Gasteiger partial charge in [0.2, 0.25) is 5.91 Å². The molecule has 1 unspecified atom stereocenters. The molecule has 142 valence electrons. The zero-order chi connectivity index (χ0) is 19.0. The minimum Gasteiger partial charge on any atom is -0.367 e. The molecule has 0 aliphatic carbocycles. The van der Waals surface area contributed by atoms with Crippen LogP contribution in [0.4, 0.5) is 5.69 Å². The van der Waals surface area contributed by atoms with Crippen LogP contribution in [0.3, 0.4) is 0 Å². The van der Waals surface area contributed by atoms with Crippen LogP contribution >= 0.6 is 23.2 Å². The van der Waals surface area contributed by atoms with Gasteiger partial charge in [-0.2, -0.15) is 0 Å². The van der Waals surface area contributed by atoms with Crippen LogP contribution in [0.5, 0.6) is 0 Å². The molecule has 4 rings (SSSR count). The first kappa shape index (κ1) is 18.5. The Hall–Kier alpha value is -1.82. The molecule has 0 bridgehead atoms. The number of hydrogen-bond acceptors (Lipinski definition) is 4. The maximum absolute atomic E-state index is 13.3. The molecule has 2 aromatic rings. The number of carbonyl (C=O) groups is 1. The van der Waals surface area contributed by atoms with Crippen molar-refractivity contribution in [2.45, 2.75) is 25.4 Å². The van der Waals surface area contributed by atoms with E-state index in [4.69, 9.17) is 23.2 Å². The van der Waals surface area contributed by atoms with Gasteiger partial charge in [-0.3, -0.25) is 9.78 Å². The largest absolute Gasteiger partial charge is 0.367 e. The molecule has 2 aliphatic rings. The summed E-state index contributed by atoms with van der Waals surface area (Å²) >= 11 is 12.6. The van der Waals surface area contributed by atoms with Crippen LogP contribution in [-0.4, -0.2) is 48.0 Å². The Labute approximate surface area is 169 Å². The first-order chi connectivity index (χ1) is 13.0. The van der Waals surface area contributed by atoms with Crippen molar-refractivity contribution in [3.63, 3.8) is 0 Å². The van der Waals surface area contributed by atoms with Crippen molar-refractivity contribution in [2.75, 3.05) is 31.1 Å². The average molecular weight is 405 g/mol. The van der Waals surface area contributed by atoms with E-state index in [1.165, 1.54) is 0 Å². The van der Waals surface area contributed by atoms with E-state index in [2.05, 4.69) is 15.2 Å². The van der Waals surface area contributed by atoms with Crippen molar-refractivity contribution >= 4 is 34.8 Å². The number of amides is 1. The van der Waals surface area contributed by atoms with E-state index in [1.807, 2.05) is 36.2 Å². The number of rotatable bonds is 2. The molecule has 0 spiro atoms. The van der Waals surface area contributed by atoms with Gasteiger partial charge in [-0.1, -0.05) is 23.2 Å². The number of nitrogens with zero attached hydrogens (tertiary/aromatic N) is 3. The number of piperazine rings is 1. The van der Waals surface area contributed by atoms with Crippen LogP contribution < -0.4 is 10.2 Å². The fourth-order valence-electron chi connectivity index (χ4n) is 4.10. The number of aromatic nitrogens is 1. The fraction of sp³-hybridized carbons (Fsp3) is 0.400. The number of fused-ring (bicyclic) bond motifs is 1. The molecule has 3 heterocycles. The molecule has 1 aromatic carbocycles. The van der Waals surface area contributed by atoms with E-state index in [-0.39, 0.29) is 18.0 Å². The van der Waals surface area contributed by atoms with Crippen molar-refractivity contribution < 1.29 is 4.79 Å². The Bertz CT molecular complexity index is 845. The lowest BCUT2D eigenvalue weighted by Gasteiger charge is -2.41. The van der Waals surface area contributed by atoms with E-state index in [0.717, 1.165) is 36.3 Å². The topological polar surface area (TPSA) is 48.5 Å². The zero-order valence-corrected chi connectivity index (χ0v) is 16.7. The summed E-state index contributed by atoms with van der Waals surface area (Å²) in [5, 5.41) is 4.66. The number of halogens is 2. The molecule has 1 fully saturated rings. The summed E-state index contributed by atoms with van der Waals surface area (Å²) < 4.78 is 0. The van der Waals surface area contributed by atoms with Gasteiger partial charge in [-0.05, 0) is 48.7 Å². The zero-order valence-electron chi connectivity index (χ0n) is 15.2. The van der Waals surface area contributed by atoms with Crippen LogP contribution in [0.15, 0.2) is 36.7 Å². The highest BCUT2D eigenvalue weighted by molar-refractivity contribution is 6.35. The number of carbonyl (C=O) groups excluding carboxylic acids is 1. The standard InChI is InChI=1S/C20H22Cl2N4O/c1-13-19-14(9-15(21)10-17(19)22)4-7-26(13)20(27)18-12-25(8-6-24-18)16-3-2-5-23-11-16/h2-3,5,9-11,13,18,24H,4,6-8,12H2,1H3/t13?,18-/m1/s1. The second-order valence-corrected chi connectivity index (χ2v) is 7.93. The molecule has 27 heavy (non-hydrogen) atoms. The van der Waals surface area contributed by atoms with Gasteiger partial charge in [0, 0.05) is 42.4 Å². The molecule has 1 aromatic heterocycles. The second kappa shape index (κ2) is 7.66. The summed E-state index contributed by atoms with van der Waals surface area (Å²) in [6, 6.07) is 7.36. The third-order valence-corrected chi connectivity index (χ3v) is 5.99. The summed E-state index contributed by atoms with van der Waals surface area (Å²) in [5.41, 5.74) is 3.20. The Kier molecular flexibility index (Phi) is 5.26. The second-order valence-electron chi connectivity index (χ2n) is 7.08. The normalized spacial score (nSPS) is 22.5. The minimum atomic E-state index is -0.242. The number of anilines is 1. The molecule has 7 heteroatoms. The van der Waals surface area contributed by atoms with Gasteiger partial charge >= 0.3 is 0 Å². The molecule has 5 nitrogen and oxygen atoms in total. The van der Waals surface area contributed by atoms with Crippen molar-refractivity contribution in [3.8, 4) is 0 Å². The summed E-state index contributed by atoms with van der Waals surface area (Å²) in [7, 11) is 0. The summed E-state index contributed by atoms with van der Waals surface area (Å²) in [4.78, 5) is 21.6. The molecule has 1 saturated heterocycles. The number of hydrogen-bond donors (Lipinski definition) is 1. The first-order valence-corrected chi connectivity index (χ1v) is 9.97. The summed E-state index contributed by atoms with van der Waals surface area (Å²) in [6.45, 7) is 4.97. The van der Waals surface area contributed by atoms with Crippen molar-refractivity contribution in [1.29, 1.82) is 0 Å². The van der Waals surface area contributed by atoms with E-state index in [9.17, 15) is 4.79 Å². The molecule has 1 amide bonds. The minimum absolute atomic E-state index is 0.0680. The molecular formula is C20H22Cl2N4O. The van der Waals surface area contributed by atoms with Crippen LogP contribution in [0.25, 0.3) is 0 Å². The van der Waals surface area contributed by atoms with Gasteiger partial charge in [0.1, 0.15) is 6.04 Å². The van der Waals surface area contributed by atoms with Gasteiger partial charge in [0.05, 0.1) is 17.9 Å². The molecular weight excluding hydrogens is 383 g/mol. The SMILES string of the molecule is CC1c2c(Cl)cc(Cl)cc2CCN1C(=O)[C@H]1CN(c2cccnc2)CCN1. The van der Waals surface area contributed by atoms with Gasteiger partial charge in [-0.25, -0.2) is 0 Å². The Morgan fingerprint density at radius 2 is 2.15 bits per heavy atom. The number of nitrogens with one attached hydrogen (secondary N) is 1. The monoisotopic (exact) mass is 404 g/mol. The average Bonchev–Trinajstić information content (AvgIpc) is 2.68. The van der Waals surface area contributed by atoms with Gasteiger partial charge in [0.15, 0.2) is 0 Å². The number of pyridine rings is 1. The predicted molar refractivity (Wildman–Crippen MR) is 109 cm³/mol. The fourth-order valence-corrected chi connectivity index (χ4v) is 4.79. The molecule has 2 atom stereocenters. The summed E-state index contributed by atoms with van der Waals surface area (Å²) in [5.74, 6) is 0.118. The van der Waals surface area contributed by atoms with Crippen molar-refractivity contribution in [1.82, 2.24) is 15.2 Å². The summed E-state index contributed by atoms with van der Waals surface area (Å²) in [6.07, 6.45) is 4.37. The van der Waals surface area contributed by atoms with Crippen LogP contribution in [0.2, 0.25) is 10.0 Å². The van der Waals surface area contributed by atoms with Crippen molar-refractivity contribution in [2.24, 2.45) is 0 Å². The van der Waals surface area contributed by atoms with Gasteiger partial charge in [0.25, 0.3) is 0 Å². The lowest BCUT2D eigenvalue weighted by atomic mass is 9.92. The van der Waals surface area contributed by atoms with E-state index < -0.39 is 0 Å². The van der Waals surface area contributed by atoms with Gasteiger partial charge < -0.3 is 15.1 Å². The molecule has 2 aliphatic heterocycles. The first-order valence-electron chi connectivity index (χ1n) is 9.21. The van der Waals surface area contributed by atoms with Crippen LogP contribution in [0.1, 0.15) is 24.1 Å². The third-order valence-electron chi connectivity index (χ3n) is 5.45.